The molecule has 0 radical (unpaired) electrons. The van der Waals surface area contributed by atoms with E-state index < -0.39 is 0 Å². The predicted octanol–water partition coefficient (Wildman–Crippen LogP) is 2.01. The lowest BCUT2D eigenvalue weighted by Crippen LogP contribution is -2.47. The highest BCUT2D eigenvalue weighted by Gasteiger charge is 2.18. The van der Waals surface area contributed by atoms with Crippen molar-refractivity contribution >= 4 is 22.9 Å². The van der Waals surface area contributed by atoms with Crippen LogP contribution in [0.4, 0.5) is 10.1 Å². The average Bonchev–Trinajstić information content (AvgIpc) is 2.40. The third-order valence-corrected chi connectivity index (χ3v) is 3.67. The van der Waals surface area contributed by atoms with Gasteiger partial charge < -0.3 is 10.6 Å². The highest BCUT2D eigenvalue weighted by Crippen LogP contribution is 2.20. The SMILES string of the molecule is NC(=S)CCCN1CCN(c2ccccc2F)CC1. The van der Waals surface area contributed by atoms with Crippen molar-refractivity contribution < 1.29 is 4.39 Å². The molecular weight excluding hydrogens is 261 g/mol. The molecule has 0 atom stereocenters. The summed E-state index contributed by atoms with van der Waals surface area (Å²) in [7, 11) is 0. The molecule has 3 nitrogen and oxygen atoms in total. The van der Waals surface area contributed by atoms with Gasteiger partial charge in [-0.15, -0.1) is 0 Å². The van der Waals surface area contributed by atoms with Crippen molar-refractivity contribution in [1.29, 1.82) is 0 Å². The van der Waals surface area contributed by atoms with Crippen LogP contribution in [-0.2, 0) is 0 Å². The standard InChI is InChI=1S/C14H20FN3S/c15-12-4-1-2-5-13(12)18-10-8-17(9-11-18)7-3-6-14(16)19/h1-2,4-5H,3,6-11H2,(H2,16,19). The van der Waals surface area contributed by atoms with Crippen molar-refractivity contribution in [2.75, 3.05) is 37.6 Å². The summed E-state index contributed by atoms with van der Waals surface area (Å²) in [6.07, 6.45) is 1.82. The molecule has 104 valence electrons. The summed E-state index contributed by atoms with van der Waals surface area (Å²) in [4.78, 5) is 5.08. The molecule has 1 heterocycles. The topological polar surface area (TPSA) is 32.5 Å². The van der Waals surface area contributed by atoms with Crippen LogP contribution in [0.5, 0.6) is 0 Å². The van der Waals surface area contributed by atoms with Crippen LogP contribution in [0.1, 0.15) is 12.8 Å². The minimum Gasteiger partial charge on any atom is -0.393 e. The average molecular weight is 281 g/mol. The van der Waals surface area contributed by atoms with Crippen LogP contribution in [0.15, 0.2) is 24.3 Å². The first kappa shape index (κ1) is 14.2. The maximum atomic E-state index is 13.7. The van der Waals surface area contributed by atoms with Crippen LogP contribution in [0.3, 0.4) is 0 Å². The number of hydrogen-bond acceptors (Lipinski definition) is 3. The summed E-state index contributed by atoms with van der Waals surface area (Å²) < 4.78 is 13.7. The number of hydrogen-bond donors (Lipinski definition) is 1. The summed E-state index contributed by atoms with van der Waals surface area (Å²) in [5.41, 5.74) is 6.20. The van der Waals surface area contributed by atoms with E-state index in [4.69, 9.17) is 18.0 Å². The van der Waals surface area contributed by atoms with Crippen molar-refractivity contribution in [1.82, 2.24) is 4.90 Å². The molecule has 1 fully saturated rings. The fourth-order valence-electron chi connectivity index (χ4n) is 2.40. The number of rotatable bonds is 5. The molecule has 1 aliphatic rings. The summed E-state index contributed by atoms with van der Waals surface area (Å²) in [5.74, 6) is -0.135. The van der Waals surface area contributed by atoms with Crippen LogP contribution in [0.25, 0.3) is 0 Å². The number of benzene rings is 1. The number of nitrogens with two attached hydrogens (primary N) is 1. The van der Waals surface area contributed by atoms with Crippen molar-refractivity contribution in [2.24, 2.45) is 5.73 Å². The molecular formula is C14H20FN3S. The molecule has 0 unspecified atom stereocenters. The number of halogens is 1. The maximum Gasteiger partial charge on any atom is 0.146 e. The highest BCUT2D eigenvalue weighted by molar-refractivity contribution is 7.80. The second kappa shape index (κ2) is 6.82. The first-order valence-electron chi connectivity index (χ1n) is 6.67. The first-order valence-corrected chi connectivity index (χ1v) is 7.08. The quantitative estimate of drug-likeness (QED) is 0.837. The van der Waals surface area contributed by atoms with Crippen LogP contribution in [0.2, 0.25) is 0 Å². The van der Waals surface area contributed by atoms with Crippen LogP contribution >= 0.6 is 12.2 Å². The zero-order valence-corrected chi connectivity index (χ0v) is 11.8. The smallest absolute Gasteiger partial charge is 0.146 e. The minimum absolute atomic E-state index is 0.135. The summed E-state index contributed by atoms with van der Waals surface area (Å²) in [5, 5.41) is 0. The van der Waals surface area contributed by atoms with Gasteiger partial charge in [0.15, 0.2) is 0 Å². The van der Waals surface area contributed by atoms with Gasteiger partial charge in [0.25, 0.3) is 0 Å². The Morgan fingerprint density at radius 1 is 1.21 bits per heavy atom. The lowest BCUT2D eigenvalue weighted by Gasteiger charge is -2.36. The summed E-state index contributed by atoms with van der Waals surface area (Å²) in [6.45, 7) is 4.68. The molecule has 0 bridgehead atoms. The van der Waals surface area contributed by atoms with Crippen molar-refractivity contribution in [3.63, 3.8) is 0 Å². The third-order valence-electron chi connectivity index (χ3n) is 3.46. The normalized spacial score (nSPS) is 16.6. The third kappa shape index (κ3) is 4.14. The summed E-state index contributed by atoms with van der Waals surface area (Å²) >= 11 is 4.87. The van der Waals surface area contributed by atoms with Gasteiger partial charge in [0, 0.05) is 26.2 Å². The zero-order valence-electron chi connectivity index (χ0n) is 11.0. The fraction of sp³-hybridized carbons (Fsp3) is 0.500. The second-order valence-corrected chi connectivity index (χ2v) is 5.37. The number of para-hydroxylation sites is 1. The van der Waals surface area contributed by atoms with Crippen LogP contribution in [0, 0.1) is 5.82 Å². The molecule has 1 saturated heterocycles. The van der Waals surface area contributed by atoms with Gasteiger partial charge in [0.2, 0.25) is 0 Å². The maximum absolute atomic E-state index is 13.7. The molecule has 0 amide bonds. The lowest BCUT2D eigenvalue weighted by molar-refractivity contribution is 0.256. The summed E-state index contributed by atoms with van der Waals surface area (Å²) in [6, 6.07) is 6.97. The van der Waals surface area contributed by atoms with Crippen molar-refractivity contribution in [2.45, 2.75) is 12.8 Å². The van der Waals surface area contributed by atoms with Gasteiger partial charge in [-0.05, 0) is 31.5 Å². The molecule has 0 spiro atoms. The second-order valence-electron chi connectivity index (χ2n) is 4.85. The molecule has 0 saturated carbocycles. The Kier molecular flexibility index (Phi) is 5.10. The monoisotopic (exact) mass is 281 g/mol. The number of nitrogens with zero attached hydrogens (tertiary/aromatic N) is 2. The molecule has 0 aromatic heterocycles. The molecule has 1 aromatic rings. The van der Waals surface area contributed by atoms with E-state index in [1.54, 1.807) is 6.07 Å². The van der Waals surface area contributed by atoms with E-state index in [1.807, 2.05) is 12.1 Å². The van der Waals surface area contributed by atoms with Crippen LogP contribution < -0.4 is 10.6 Å². The Bertz CT molecular complexity index is 430. The van der Waals surface area contributed by atoms with E-state index in [9.17, 15) is 4.39 Å². The van der Waals surface area contributed by atoms with E-state index in [0.717, 1.165) is 45.6 Å². The van der Waals surface area contributed by atoms with Crippen molar-refractivity contribution in [3.8, 4) is 0 Å². The van der Waals surface area contributed by atoms with Crippen molar-refractivity contribution in [3.05, 3.63) is 30.1 Å². The fourth-order valence-corrected chi connectivity index (χ4v) is 2.54. The first-order chi connectivity index (χ1) is 9.16. The zero-order chi connectivity index (χ0) is 13.7. The molecule has 2 rings (SSSR count). The van der Waals surface area contributed by atoms with E-state index >= 15 is 0 Å². The van der Waals surface area contributed by atoms with Gasteiger partial charge in [-0.2, -0.15) is 0 Å². The molecule has 0 aliphatic carbocycles. The predicted molar refractivity (Wildman–Crippen MR) is 81.1 cm³/mol. The minimum atomic E-state index is -0.135. The Morgan fingerprint density at radius 3 is 2.53 bits per heavy atom. The van der Waals surface area contributed by atoms with Gasteiger partial charge in [-0.1, -0.05) is 24.4 Å². The van der Waals surface area contributed by atoms with Gasteiger partial charge >= 0.3 is 0 Å². The Balaban J connectivity index is 1.79. The largest absolute Gasteiger partial charge is 0.393 e. The molecule has 1 aliphatic heterocycles. The van der Waals surface area contributed by atoms with E-state index in [0.29, 0.717) is 10.7 Å². The van der Waals surface area contributed by atoms with E-state index in [1.165, 1.54) is 6.07 Å². The highest BCUT2D eigenvalue weighted by atomic mass is 32.1. The number of anilines is 1. The van der Waals surface area contributed by atoms with Gasteiger partial charge in [-0.25, -0.2) is 4.39 Å². The molecule has 19 heavy (non-hydrogen) atoms. The molecule has 2 N–H and O–H groups in total. The van der Waals surface area contributed by atoms with Gasteiger partial charge in [0.05, 0.1) is 10.7 Å². The van der Waals surface area contributed by atoms with Crippen LogP contribution in [-0.4, -0.2) is 42.6 Å². The van der Waals surface area contributed by atoms with Gasteiger partial charge in [0.1, 0.15) is 5.82 Å². The Hall–Kier alpha value is -1.20. The Morgan fingerprint density at radius 2 is 1.89 bits per heavy atom. The Labute approximate surface area is 119 Å². The lowest BCUT2D eigenvalue weighted by atomic mass is 10.2. The number of thiocarbonyl (C=S) groups is 1. The van der Waals surface area contributed by atoms with E-state index in [-0.39, 0.29) is 5.82 Å². The molecule has 1 aromatic carbocycles. The van der Waals surface area contributed by atoms with E-state index in [2.05, 4.69) is 9.80 Å². The molecule has 5 heteroatoms. The number of piperazine rings is 1. The van der Waals surface area contributed by atoms with Gasteiger partial charge in [-0.3, -0.25) is 4.90 Å².